The fourth-order valence-corrected chi connectivity index (χ4v) is 3.73. The number of rotatable bonds is 8. The Morgan fingerprint density at radius 3 is 2.42 bits per heavy atom. The van der Waals surface area contributed by atoms with Crippen molar-refractivity contribution in [2.45, 2.75) is 31.9 Å². The van der Waals surface area contributed by atoms with Gasteiger partial charge in [-0.25, -0.2) is 9.97 Å². The van der Waals surface area contributed by atoms with Gasteiger partial charge in [-0.1, -0.05) is 60.7 Å². The number of nitrogens with zero attached hydrogens (tertiary/aromatic N) is 3. The van der Waals surface area contributed by atoms with E-state index in [9.17, 15) is 4.79 Å². The monoisotopic (exact) mass is 416 g/mol. The number of benzene rings is 2. The van der Waals surface area contributed by atoms with Crippen LogP contribution < -0.4 is 10.2 Å². The van der Waals surface area contributed by atoms with E-state index in [4.69, 9.17) is 4.74 Å². The van der Waals surface area contributed by atoms with Crippen molar-refractivity contribution in [1.82, 2.24) is 15.3 Å². The summed E-state index contributed by atoms with van der Waals surface area (Å²) in [6.07, 6.45) is 5.16. The molecule has 0 radical (unpaired) electrons. The highest BCUT2D eigenvalue weighted by atomic mass is 16.5. The maximum atomic E-state index is 13.0. The van der Waals surface area contributed by atoms with E-state index in [1.807, 2.05) is 60.7 Å². The number of hydrogen-bond donors (Lipinski definition) is 1. The zero-order chi connectivity index (χ0) is 21.3. The first-order valence-electron chi connectivity index (χ1n) is 10.8. The second-order valence-corrected chi connectivity index (χ2v) is 7.73. The minimum Gasteiger partial charge on any atom is -0.374 e. The molecule has 6 nitrogen and oxygen atoms in total. The Morgan fingerprint density at radius 1 is 0.968 bits per heavy atom. The van der Waals surface area contributed by atoms with E-state index in [-0.39, 0.29) is 11.9 Å². The summed E-state index contributed by atoms with van der Waals surface area (Å²) in [6.45, 7) is 2.73. The first-order valence-corrected chi connectivity index (χ1v) is 10.8. The lowest BCUT2D eigenvalue weighted by molar-refractivity contribution is 0.0793. The summed E-state index contributed by atoms with van der Waals surface area (Å²) < 4.78 is 5.94. The average Bonchev–Trinajstić information content (AvgIpc) is 2.85. The molecule has 1 aliphatic rings. The van der Waals surface area contributed by atoms with Crippen LogP contribution in [0.1, 0.15) is 46.9 Å². The molecular weight excluding hydrogens is 388 g/mol. The normalized spacial score (nSPS) is 14.8. The van der Waals surface area contributed by atoms with Crippen molar-refractivity contribution >= 4 is 11.9 Å². The van der Waals surface area contributed by atoms with Crippen molar-refractivity contribution < 1.29 is 9.53 Å². The molecule has 1 unspecified atom stereocenters. The number of hydrogen-bond acceptors (Lipinski definition) is 5. The van der Waals surface area contributed by atoms with Gasteiger partial charge in [0.15, 0.2) is 0 Å². The topological polar surface area (TPSA) is 67.3 Å². The van der Waals surface area contributed by atoms with Crippen LogP contribution in [-0.2, 0) is 11.3 Å². The van der Waals surface area contributed by atoms with Crippen LogP contribution in [0.15, 0.2) is 72.9 Å². The largest absolute Gasteiger partial charge is 0.374 e. The van der Waals surface area contributed by atoms with Gasteiger partial charge in [0.2, 0.25) is 5.95 Å². The molecule has 0 aliphatic carbocycles. The number of piperidine rings is 1. The van der Waals surface area contributed by atoms with E-state index in [1.165, 1.54) is 6.42 Å². The van der Waals surface area contributed by atoms with Gasteiger partial charge >= 0.3 is 0 Å². The van der Waals surface area contributed by atoms with Crippen LogP contribution in [0.4, 0.5) is 5.95 Å². The van der Waals surface area contributed by atoms with Gasteiger partial charge in [-0.3, -0.25) is 4.79 Å². The van der Waals surface area contributed by atoms with Crippen LogP contribution in [0.5, 0.6) is 0 Å². The van der Waals surface area contributed by atoms with Crippen LogP contribution >= 0.6 is 0 Å². The number of nitrogens with one attached hydrogen (secondary N) is 1. The molecule has 2 aromatic carbocycles. The Labute approximate surface area is 183 Å². The van der Waals surface area contributed by atoms with Crippen LogP contribution in [-0.4, -0.2) is 35.6 Å². The molecule has 2 heterocycles. The van der Waals surface area contributed by atoms with Crippen molar-refractivity contribution in [3.05, 3.63) is 89.7 Å². The number of anilines is 1. The van der Waals surface area contributed by atoms with Crippen LogP contribution in [0.2, 0.25) is 0 Å². The molecule has 31 heavy (non-hydrogen) atoms. The second-order valence-electron chi connectivity index (χ2n) is 7.73. The highest BCUT2D eigenvalue weighted by Gasteiger charge is 2.19. The number of carbonyl (C=O) groups excluding carboxylic acids is 1. The third kappa shape index (κ3) is 5.89. The fourth-order valence-electron chi connectivity index (χ4n) is 3.73. The molecule has 1 aliphatic heterocycles. The summed E-state index contributed by atoms with van der Waals surface area (Å²) in [5.74, 6) is 0.404. The molecule has 1 N–H and O–H groups in total. The SMILES string of the molecule is O=C(NC(COCc1ccccc1)c1ccccc1)c1ccnc(N2CCCCC2)n1. The van der Waals surface area contributed by atoms with Crippen LogP contribution in [0, 0.1) is 0 Å². The molecule has 0 bridgehead atoms. The first kappa shape index (κ1) is 21.0. The average molecular weight is 417 g/mol. The van der Waals surface area contributed by atoms with Gasteiger partial charge in [0, 0.05) is 19.3 Å². The van der Waals surface area contributed by atoms with Crippen LogP contribution in [0.25, 0.3) is 0 Å². The Hall–Kier alpha value is -3.25. The first-order chi connectivity index (χ1) is 15.3. The molecule has 1 amide bonds. The van der Waals surface area contributed by atoms with E-state index in [0.29, 0.717) is 24.9 Å². The lowest BCUT2D eigenvalue weighted by atomic mass is 10.1. The van der Waals surface area contributed by atoms with Gasteiger partial charge in [0.05, 0.1) is 19.3 Å². The number of carbonyl (C=O) groups is 1. The van der Waals surface area contributed by atoms with Gasteiger partial charge in [-0.2, -0.15) is 0 Å². The minimum atomic E-state index is -0.272. The molecular formula is C25H28N4O2. The molecule has 1 fully saturated rings. The number of amides is 1. The molecule has 1 atom stereocenters. The van der Waals surface area contributed by atoms with Gasteiger partial charge < -0.3 is 15.0 Å². The highest BCUT2D eigenvalue weighted by molar-refractivity contribution is 5.92. The van der Waals surface area contributed by atoms with Gasteiger partial charge in [0.1, 0.15) is 5.69 Å². The van der Waals surface area contributed by atoms with Gasteiger partial charge in [-0.15, -0.1) is 0 Å². The molecule has 1 aromatic heterocycles. The van der Waals surface area contributed by atoms with Crippen LogP contribution in [0.3, 0.4) is 0 Å². The maximum Gasteiger partial charge on any atom is 0.270 e. The molecule has 1 saturated heterocycles. The molecule has 160 valence electrons. The standard InChI is InChI=1S/C25H28N4O2/c30-24(22-14-15-26-25(28-22)29-16-8-3-9-17-29)27-23(21-12-6-2-7-13-21)19-31-18-20-10-4-1-5-11-20/h1-2,4-7,10-15,23H,3,8-9,16-19H2,(H,27,30). The smallest absolute Gasteiger partial charge is 0.270 e. The fraction of sp³-hybridized carbons (Fsp3) is 0.320. The summed E-state index contributed by atoms with van der Waals surface area (Å²) in [5, 5.41) is 3.09. The Bertz CT molecular complexity index is 960. The molecule has 4 rings (SSSR count). The lowest BCUT2D eigenvalue weighted by Gasteiger charge is -2.26. The van der Waals surface area contributed by atoms with Crippen molar-refractivity contribution in [2.75, 3.05) is 24.6 Å². The predicted molar refractivity (Wildman–Crippen MR) is 121 cm³/mol. The summed E-state index contributed by atoms with van der Waals surface area (Å²) in [7, 11) is 0. The molecule has 6 heteroatoms. The van der Waals surface area contributed by atoms with E-state index < -0.39 is 0 Å². The summed E-state index contributed by atoms with van der Waals surface area (Å²) in [6, 6.07) is 21.3. The Morgan fingerprint density at radius 2 is 1.68 bits per heavy atom. The van der Waals surface area contributed by atoms with E-state index in [2.05, 4.69) is 20.2 Å². The van der Waals surface area contributed by atoms with Gasteiger partial charge in [0.25, 0.3) is 5.91 Å². The Balaban J connectivity index is 1.44. The summed E-state index contributed by atoms with van der Waals surface area (Å²) in [5.41, 5.74) is 2.47. The third-order valence-electron chi connectivity index (χ3n) is 5.42. The zero-order valence-electron chi connectivity index (χ0n) is 17.6. The van der Waals surface area contributed by atoms with E-state index in [1.54, 1.807) is 12.3 Å². The quantitative estimate of drug-likeness (QED) is 0.597. The predicted octanol–water partition coefficient (Wildman–Crippen LogP) is 4.15. The summed E-state index contributed by atoms with van der Waals surface area (Å²) in [4.78, 5) is 24.1. The third-order valence-corrected chi connectivity index (χ3v) is 5.42. The van der Waals surface area contributed by atoms with Crippen molar-refractivity contribution in [3.8, 4) is 0 Å². The van der Waals surface area contributed by atoms with E-state index in [0.717, 1.165) is 37.1 Å². The van der Waals surface area contributed by atoms with Crippen molar-refractivity contribution in [3.63, 3.8) is 0 Å². The van der Waals surface area contributed by atoms with Crippen molar-refractivity contribution in [1.29, 1.82) is 0 Å². The summed E-state index contributed by atoms with van der Waals surface area (Å²) >= 11 is 0. The second kappa shape index (κ2) is 10.7. The number of aromatic nitrogens is 2. The molecule has 0 spiro atoms. The zero-order valence-corrected chi connectivity index (χ0v) is 17.6. The van der Waals surface area contributed by atoms with E-state index >= 15 is 0 Å². The Kier molecular flexibility index (Phi) is 7.24. The highest BCUT2D eigenvalue weighted by Crippen LogP contribution is 2.17. The lowest BCUT2D eigenvalue weighted by Crippen LogP contribution is -2.34. The number of ether oxygens (including phenoxy) is 1. The van der Waals surface area contributed by atoms with Gasteiger partial charge in [-0.05, 0) is 36.5 Å². The minimum absolute atomic E-state index is 0.224. The molecule has 3 aromatic rings. The molecule has 0 saturated carbocycles. The maximum absolute atomic E-state index is 13.0. The van der Waals surface area contributed by atoms with Crippen molar-refractivity contribution in [2.24, 2.45) is 0 Å².